The van der Waals surface area contributed by atoms with Crippen molar-refractivity contribution in [3.05, 3.63) is 16.6 Å². The molecule has 0 bridgehead atoms. The number of hydrogen-bond donors (Lipinski definition) is 3. The van der Waals surface area contributed by atoms with Gasteiger partial charge >= 0.3 is 12.0 Å². The van der Waals surface area contributed by atoms with Crippen molar-refractivity contribution < 1.29 is 14.7 Å². The highest BCUT2D eigenvalue weighted by Gasteiger charge is 2.17. The van der Waals surface area contributed by atoms with Crippen molar-refractivity contribution >= 4 is 23.3 Å². The number of rotatable bonds is 8. The van der Waals surface area contributed by atoms with E-state index >= 15 is 0 Å². The van der Waals surface area contributed by atoms with Gasteiger partial charge in [-0.1, -0.05) is 13.8 Å². The van der Waals surface area contributed by atoms with Crippen molar-refractivity contribution in [3.8, 4) is 0 Å². The van der Waals surface area contributed by atoms with Gasteiger partial charge in [-0.2, -0.15) is 0 Å². The predicted octanol–water partition coefficient (Wildman–Crippen LogP) is 2.64. The number of thiazole rings is 1. The van der Waals surface area contributed by atoms with E-state index in [1.165, 1.54) is 11.3 Å². The molecule has 0 saturated heterocycles. The zero-order chi connectivity index (χ0) is 15.8. The second-order valence-corrected chi connectivity index (χ2v) is 6.47. The molecule has 0 saturated carbocycles. The quantitative estimate of drug-likeness (QED) is 0.688. The summed E-state index contributed by atoms with van der Waals surface area (Å²) < 4.78 is 0. The molecule has 0 aliphatic carbocycles. The first-order valence-electron chi connectivity index (χ1n) is 7.04. The molecule has 3 N–H and O–H groups in total. The van der Waals surface area contributed by atoms with E-state index < -0.39 is 5.97 Å². The number of carbonyl (C=O) groups excluding carboxylic acids is 1. The molecule has 1 rings (SSSR count). The minimum atomic E-state index is -0.834. The van der Waals surface area contributed by atoms with Crippen molar-refractivity contribution in [3.63, 3.8) is 0 Å². The van der Waals surface area contributed by atoms with Crippen molar-refractivity contribution in [1.29, 1.82) is 0 Å². The fraction of sp³-hybridized carbons (Fsp3) is 0.643. The third kappa shape index (κ3) is 7.08. The summed E-state index contributed by atoms with van der Waals surface area (Å²) in [6, 6.07) is -0.454. The number of carboxylic acid groups (broad SMARTS) is 1. The van der Waals surface area contributed by atoms with Crippen LogP contribution in [0, 0.1) is 11.8 Å². The van der Waals surface area contributed by atoms with Crippen molar-refractivity contribution in [2.75, 3.05) is 6.54 Å². The molecule has 21 heavy (non-hydrogen) atoms. The van der Waals surface area contributed by atoms with Crippen LogP contribution in [0.1, 0.15) is 44.7 Å². The molecule has 0 fully saturated rings. The Hall–Kier alpha value is -1.63. The van der Waals surface area contributed by atoms with E-state index in [9.17, 15) is 9.59 Å². The van der Waals surface area contributed by atoms with E-state index in [1.807, 2.05) is 26.2 Å². The summed E-state index contributed by atoms with van der Waals surface area (Å²) >= 11 is 1.48. The third-order valence-electron chi connectivity index (χ3n) is 2.99. The van der Waals surface area contributed by atoms with Crippen LogP contribution in [0.25, 0.3) is 0 Å². The topological polar surface area (TPSA) is 91.3 Å². The van der Waals surface area contributed by atoms with Gasteiger partial charge in [0.2, 0.25) is 0 Å². The highest BCUT2D eigenvalue weighted by atomic mass is 32.1. The summed E-state index contributed by atoms with van der Waals surface area (Å²) in [7, 11) is 0. The summed E-state index contributed by atoms with van der Waals surface area (Å²) in [5, 5.41) is 17.1. The number of hydrogen-bond acceptors (Lipinski definition) is 4. The SMILES string of the molecule is CC(C)CC(CNC(=O)NC(C)c1nccs1)CC(=O)O. The Balaban J connectivity index is 2.40. The molecule has 6 nitrogen and oxygen atoms in total. The largest absolute Gasteiger partial charge is 0.481 e. The minimum Gasteiger partial charge on any atom is -0.481 e. The van der Waals surface area contributed by atoms with Crippen LogP contribution in [-0.4, -0.2) is 28.6 Å². The number of aromatic nitrogens is 1. The second-order valence-electron chi connectivity index (χ2n) is 5.54. The van der Waals surface area contributed by atoms with E-state index in [-0.39, 0.29) is 24.4 Å². The fourth-order valence-corrected chi connectivity index (χ4v) is 2.79. The molecule has 2 unspecified atom stereocenters. The van der Waals surface area contributed by atoms with Crippen molar-refractivity contribution in [2.45, 2.75) is 39.7 Å². The van der Waals surface area contributed by atoms with Crippen LogP contribution >= 0.6 is 11.3 Å². The summed E-state index contributed by atoms with van der Waals surface area (Å²) in [6.07, 6.45) is 2.54. The van der Waals surface area contributed by atoms with Gasteiger partial charge in [0.25, 0.3) is 0 Å². The molecule has 0 aliphatic rings. The summed E-state index contributed by atoms with van der Waals surface area (Å²) in [4.78, 5) is 26.8. The van der Waals surface area contributed by atoms with Crippen LogP contribution in [0.5, 0.6) is 0 Å². The Morgan fingerprint density at radius 1 is 1.38 bits per heavy atom. The molecule has 1 aromatic heterocycles. The molecule has 0 spiro atoms. The van der Waals surface area contributed by atoms with Gasteiger partial charge < -0.3 is 15.7 Å². The van der Waals surface area contributed by atoms with Crippen molar-refractivity contribution in [2.24, 2.45) is 11.8 Å². The van der Waals surface area contributed by atoms with Crippen LogP contribution < -0.4 is 10.6 Å². The number of urea groups is 1. The van der Waals surface area contributed by atoms with E-state index in [2.05, 4.69) is 15.6 Å². The third-order valence-corrected chi connectivity index (χ3v) is 3.95. The van der Waals surface area contributed by atoms with Gasteiger partial charge in [0.15, 0.2) is 0 Å². The van der Waals surface area contributed by atoms with E-state index in [1.54, 1.807) is 6.20 Å². The zero-order valence-electron chi connectivity index (χ0n) is 12.6. The van der Waals surface area contributed by atoms with Crippen LogP contribution in [-0.2, 0) is 4.79 Å². The molecule has 0 aromatic carbocycles. The molecular weight excluding hydrogens is 290 g/mol. The average molecular weight is 313 g/mol. The maximum atomic E-state index is 11.8. The average Bonchev–Trinajstić information content (AvgIpc) is 2.88. The highest BCUT2D eigenvalue weighted by molar-refractivity contribution is 7.09. The number of nitrogens with one attached hydrogen (secondary N) is 2. The maximum absolute atomic E-state index is 11.8. The Morgan fingerprint density at radius 2 is 2.10 bits per heavy atom. The molecule has 0 radical (unpaired) electrons. The van der Waals surface area contributed by atoms with Gasteiger partial charge in [0.05, 0.1) is 6.04 Å². The monoisotopic (exact) mass is 313 g/mol. The maximum Gasteiger partial charge on any atom is 0.315 e. The lowest BCUT2D eigenvalue weighted by atomic mass is 9.94. The van der Waals surface area contributed by atoms with Gasteiger partial charge in [-0.3, -0.25) is 4.79 Å². The number of nitrogens with zero attached hydrogens (tertiary/aromatic N) is 1. The van der Waals surface area contributed by atoms with E-state index in [4.69, 9.17) is 5.11 Å². The van der Waals surface area contributed by atoms with Crippen LogP contribution in [0.4, 0.5) is 4.79 Å². The van der Waals surface area contributed by atoms with Crippen LogP contribution in [0.2, 0.25) is 0 Å². The molecule has 1 heterocycles. The van der Waals surface area contributed by atoms with Gasteiger partial charge in [-0.25, -0.2) is 9.78 Å². The van der Waals surface area contributed by atoms with E-state index in [0.717, 1.165) is 11.4 Å². The summed E-state index contributed by atoms with van der Waals surface area (Å²) in [6.45, 7) is 6.31. The van der Waals surface area contributed by atoms with Crippen molar-refractivity contribution in [1.82, 2.24) is 15.6 Å². The van der Waals surface area contributed by atoms with Crippen LogP contribution in [0.15, 0.2) is 11.6 Å². The number of amides is 2. The normalized spacial score (nSPS) is 13.7. The standard InChI is InChI=1S/C14H23N3O3S/c1-9(2)6-11(7-12(18)19)8-16-14(20)17-10(3)13-15-4-5-21-13/h4-5,9-11H,6-8H2,1-3H3,(H,18,19)(H2,16,17,20). The number of carboxylic acids is 1. The first-order valence-corrected chi connectivity index (χ1v) is 7.92. The fourth-order valence-electron chi connectivity index (χ4n) is 2.15. The minimum absolute atomic E-state index is 0.0524. The molecule has 1 aromatic rings. The number of carbonyl (C=O) groups is 2. The van der Waals surface area contributed by atoms with E-state index in [0.29, 0.717) is 12.5 Å². The number of aliphatic carboxylic acids is 1. The smallest absolute Gasteiger partial charge is 0.315 e. The van der Waals surface area contributed by atoms with Gasteiger partial charge in [-0.15, -0.1) is 11.3 Å². The highest BCUT2D eigenvalue weighted by Crippen LogP contribution is 2.16. The Labute approximate surface area is 129 Å². The molecular formula is C14H23N3O3S. The molecule has 2 atom stereocenters. The molecule has 0 aliphatic heterocycles. The lowest BCUT2D eigenvalue weighted by Gasteiger charge is -2.19. The predicted molar refractivity (Wildman–Crippen MR) is 82.3 cm³/mol. The Bertz CT molecular complexity index is 448. The Morgan fingerprint density at radius 3 is 2.62 bits per heavy atom. The molecule has 2 amide bonds. The Kier molecular flexibility index (Phi) is 7.14. The lowest BCUT2D eigenvalue weighted by molar-refractivity contribution is -0.138. The van der Waals surface area contributed by atoms with Gasteiger partial charge in [-0.05, 0) is 25.2 Å². The van der Waals surface area contributed by atoms with Gasteiger partial charge in [0, 0.05) is 24.5 Å². The first kappa shape index (κ1) is 17.4. The summed E-state index contributed by atoms with van der Waals surface area (Å²) in [5.74, 6) is -0.490. The van der Waals surface area contributed by atoms with Crippen LogP contribution in [0.3, 0.4) is 0 Å². The summed E-state index contributed by atoms with van der Waals surface area (Å²) in [5.41, 5.74) is 0. The molecule has 7 heteroatoms. The zero-order valence-corrected chi connectivity index (χ0v) is 13.4. The second kappa shape index (κ2) is 8.61. The first-order chi connectivity index (χ1) is 9.88. The lowest BCUT2D eigenvalue weighted by Crippen LogP contribution is -2.40. The van der Waals surface area contributed by atoms with Gasteiger partial charge in [0.1, 0.15) is 5.01 Å². The molecule has 118 valence electrons.